The molecule has 2 atom stereocenters. The van der Waals surface area contributed by atoms with Crippen LogP contribution >= 0.6 is 27.5 Å². The molecule has 2 rings (SSSR count). The van der Waals surface area contributed by atoms with E-state index in [-0.39, 0.29) is 0 Å². The number of rotatable bonds is 6. The first kappa shape index (κ1) is 15.1. The minimum atomic E-state index is 0.294. The lowest BCUT2D eigenvalue weighted by Crippen LogP contribution is -2.28. The highest BCUT2D eigenvalue weighted by atomic mass is 79.9. The summed E-state index contributed by atoms with van der Waals surface area (Å²) < 4.78 is 6.48. The van der Waals surface area contributed by atoms with Crippen LogP contribution in [0.25, 0.3) is 0 Å². The summed E-state index contributed by atoms with van der Waals surface area (Å²) in [6, 6.07) is 4.20. The lowest BCUT2D eigenvalue weighted by atomic mass is 9.90. The van der Waals surface area contributed by atoms with Crippen LogP contribution in [0.4, 0.5) is 0 Å². The van der Waals surface area contributed by atoms with Gasteiger partial charge in [0, 0.05) is 16.6 Å². The van der Waals surface area contributed by atoms with E-state index in [1.54, 1.807) is 7.11 Å². The summed E-state index contributed by atoms with van der Waals surface area (Å²) in [4.78, 5) is 0. The third-order valence-electron chi connectivity index (χ3n) is 3.89. The van der Waals surface area contributed by atoms with Crippen molar-refractivity contribution in [2.45, 2.75) is 32.7 Å². The molecule has 1 aliphatic carbocycles. The van der Waals surface area contributed by atoms with E-state index in [4.69, 9.17) is 16.3 Å². The molecule has 1 aromatic rings. The van der Waals surface area contributed by atoms with Gasteiger partial charge in [0.1, 0.15) is 5.75 Å². The van der Waals surface area contributed by atoms with Crippen molar-refractivity contribution in [2.75, 3.05) is 13.7 Å². The number of ether oxygens (including phenoxy) is 1. The van der Waals surface area contributed by atoms with E-state index in [0.717, 1.165) is 33.3 Å². The van der Waals surface area contributed by atoms with Crippen LogP contribution in [0.15, 0.2) is 16.6 Å². The average Bonchev–Trinajstić information content (AvgIpc) is 3.18. The minimum absolute atomic E-state index is 0.294. The fourth-order valence-corrected chi connectivity index (χ4v) is 3.72. The van der Waals surface area contributed by atoms with Gasteiger partial charge in [-0.05, 0) is 59.3 Å². The smallest absolute Gasteiger partial charge is 0.137 e. The monoisotopic (exact) mass is 345 g/mol. The van der Waals surface area contributed by atoms with Crippen molar-refractivity contribution in [3.8, 4) is 5.75 Å². The number of halogens is 2. The Morgan fingerprint density at radius 3 is 2.68 bits per heavy atom. The Hall–Kier alpha value is -0.250. The summed E-state index contributed by atoms with van der Waals surface area (Å²) in [5.74, 6) is 2.31. The number of nitrogens with one attached hydrogen (secondary N) is 1. The largest absolute Gasteiger partial charge is 0.495 e. The lowest BCUT2D eigenvalue weighted by Gasteiger charge is -2.27. The standard InChI is InChI=1S/C15H21BrClNO/c1-4-18-14(9(2)10-5-6-10)12-7-11(17)8-13(16)15(12)19-3/h7-10,14,18H,4-6H2,1-3H3. The molecule has 0 bridgehead atoms. The first-order chi connectivity index (χ1) is 9.08. The molecule has 1 fully saturated rings. The van der Waals surface area contributed by atoms with Crippen molar-refractivity contribution in [1.82, 2.24) is 5.32 Å². The lowest BCUT2D eigenvalue weighted by molar-refractivity contribution is 0.335. The quantitative estimate of drug-likeness (QED) is 0.798. The van der Waals surface area contributed by atoms with Crippen LogP contribution in [-0.2, 0) is 0 Å². The second kappa shape index (κ2) is 6.47. The molecule has 0 saturated heterocycles. The normalized spacial score (nSPS) is 18.2. The van der Waals surface area contributed by atoms with Gasteiger partial charge in [-0.15, -0.1) is 0 Å². The SMILES string of the molecule is CCNC(c1cc(Cl)cc(Br)c1OC)C(C)C1CC1. The molecule has 0 aromatic heterocycles. The fourth-order valence-electron chi connectivity index (χ4n) is 2.72. The molecule has 0 amide bonds. The van der Waals surface area contributed by atoms with Crippen molar-refractivity contribution in [2.24, 2.45) is 11.8 Å². The summed E-state index contributed by atoms with van der Waals surface area (Å²) in [5, 5.41) is 4.33. The van der Waals surface area contributed by atoms with Crippen molar-refractivity contribution >= 4 is 27.5 Å². The highest BCUT2D eigenvalue weighted by Crippen LogP contribution is 2.46. The highest BCUT2D eigenvalue weighted by Gasteiger charge is 2.35. The van der Waals surface area contributed by atoms with E-state index in [9.17, 15) is 0 Å². The Kier molecular flexibility index (Phi) is 5.15. The molecule has 1 aliphatic rings. The van der Waals surface area contributed by atoms with Crippen LogP contribution in [0.1, 0.15) is 38.3 Å². The van der Waals surface area contributed by atoms with Crippen LogP contribution in [-0.4, -0.2) is 13.7 Å². The summed E-state index contributed by atoms with van der Waals surface area (Å²) in [7, 11) is 1.71. The molecule has 106 valence electrons. The summed E-state index contributed by atoms with van der Waals surface area (Å²) in [6.07, 6.45) is 2.68. The number of methoxy groups -OCH3 is 1. The second-order valence-electron chi connectivity index (χ2n) is 5.24. The van der Waals surface area contributed by atoms with Crippen molar-refractivity contribution in [1.29, 1.82) is 0 Å². The molecule has 1 aromatic carbocycles. The Morgan fingerprint density at radius 2 is 2.16 bits per heavy atom. The van der Waals surface area contributed by atoms with E-state index in [1.165, 1.54) is 12.8 Å². The Morgan fingerprint density at radius 1 is 1.47 bits per heavy atom. The first-order valence-corrected chi connectivity index (χ1v) is 8.01. The van der Waals surface area contributed by atoms with Crippen molar-refractivity contribution in [3.05, 3.63) is 27.2 Å². The molecule has 1 saturated carbocycles. The maximum absolute atomic E-state index is 6.21. The van der Waals surface area contributed by atoms with Gasteiger partial charge in [-0.2, -0.15) is 0 Å². The maximum Gasteiger partial charge on any atom is 0.137 e. The summed E-state index contributed by atoms with van der Waals surface area (Å²) in [5.41, 5.74) is 1.16. The molecule has 0 spiro atoms. The molecular formula is C15H21BrClNO. The van der Waals surface area contributed by atoms with Gasteiger partial charge in [0.05, 0.1) is 11.6 Å². The van der Waals surface area contributed by atoms with Gasteiger partial charge in [0.2, 0.25) is 0 Å². The predicted molar refractivity (Wildman–Crippen MR) is 84.0 cm³/mol. The third-order valence-corrected chi connectivity index (χ3v) is 4.70. The van der Waals surface area contributed by atoms with E-state index in [1.807, 2.05) is 12.1 Å². The number of hydrogen-bond acceptors (Lipinski definition) is 2. The molecule has 2 unspecified atom stereocenters. The molecule has 0 heterocycles. The van der Waals surface area contributed by atoms with Gasteiger partial charge in [-0.1, -0.05) is 25.4 Å². The van der Waals surface area contributed by atoms with Crippen molar-refractivity contribution in [3.63, 3.8) is 0 Å². The molecule has 4 heteroatoms. The Balaban J connectivity index is 2.39. The topological polar surface area (TPSA) is 21.3 Å². The average molecular weight is 347 g/mol. The van der Waals surface area contributed by atoms with Crippen molar-refractivity contribution < 1.29 is 4.74 Å². The van der Waals surface area contributed by atoms with Crippen LogP contribution in [0.3, 0.4) is 0 Å². The Bertz CT molecular complexity index is 448. The van der Waals surface area contributed by atoms with Crippen LogP contribution < -0.4 is 10.1 Å². The van der Waals surface area contributed by atoms with E-state index in [0.29, 0.717) is 12.0 Å². The third kappa shape index (κ3) is 3.45. The second-order valence-corrected chi connectivity index (χ2v) is 6.53. The molecule has 19 heavy (non-hydrogen) atoms. The fraction of sp³-hybridized carbons (Fsp3) is 0.600. The summed E-state index contributed by atoms with van der Waals surface area (Å²) in [6.45, 7) is 5.40. The molecule has 1 N–H and O–H groups in total. The molecule has 2 nitrogen and oxygen atoms in total. The molecule has 0 radical (unpaired) electrons. The summed E-state index contributed by atoms with van der Waals surface area (Å²) >= 11 is 9.75. The predicted octanol–water partition coefficient (Wildman–Crippen LogP) is 4.81. The van der Waals surface area contributed by atoms with Gasteiger partial charge in [-0.25, -0.2) is 0 Å². The van der Waals surface area contributed by atoms with Gasteiger partial charge in [0.15, 0.2) is 0 Å². The minimum Gasteiger partial charge on any atom is -0.495 e. The van der Waals surface area contributed by atoms with Gasteiger partial charge in [0.25, 0.3) is 0 Å². The zero-order valence-electron chi connectivity index (χ0n) is 11.7. The molecular weight excluding hydrogens is 326 g/mol. The van der Waals surface area contributed by atoms with E-state index in [2.05, 4.69) is 35.1 Å². The highest BCUT2D eigenvalue weighted by molar-refractivity contribution is 9.10. The van der Waals surface area contributed by atoms with Gasteiger partial charge < -0.3 is 10.1 Å². The van der Waals surface area contributed by atoms with Gasteiger partial charge >= 0.3 is 0 Å². The first-order valence-electron chi connectivity index (χ1n) is 6.84. The molecule has 0 aliphatic heterocycles. The van der Waals surface area contributed by atoms with E-state index < -0.39 is 0 Å². The van der Waals surface area contributed by atoms with Crippen LogP contribution in [0, 0.1) is 11.8 Å². The van der Waals surface area contributed by atoms with Gasteiger partial charge in [-0.3, -0.25) is 0 Å². The number of hydrogen-bond donors (Lipinski definition) is 1. The van der Waals surface area contributed by atoms with Crippen LogP contribution in [0.2, 0.25) is 5.02 Å². The zero-order valence-corrected chi connectivity index (χ0v) is 14.0. The maximum atomic E-state index is 6.21. The Labute approximate surface area is 129 Å². The van der Waals surface area contributed by atoms with E-state index >= 15 is 0 Å². The van der Waals surface area contributed by atoms with Crippen LogP contribution in [0.5, 0.6) is 5.75 Å². The zero-order chi connectivity index (χ0) is 14.0. The number of benzene rings is 1.